The molecule has 0 amide bonds. The molecular formula is C12H13Cl2N3O. The van der Waals surface area contributed by atoms with E-state index in [-0.39, 0.29) is 6.04 Å². The number of halogens is 2. The van der Waals surface area contributed by atoms with Gasteiger partial charge in [0.1, 0.15) is 11.4 Å². The summed E-state index contributed by atoms with van der Waals surface area (Å²) in [6, 6.07) is 5.56. The van der Waals surface area contributed by atoms with Crippen LogP contribution in [0.5, 0.6) is 0 Å². The molecule has 0 bridgehead atoms. The third-order valence-corrected chi connectivity index (χ3v) is 3.31. The summed E-state index contributed by atoms with van der Waals surface area (Å²) in [7, 11) is 0. The van der Waals surface area contributed by atoms with E-state index in [2.05, 4.69) is 20.3 Å². The number of aryl methyl sites for hydroxylation is 1. The normalized spacial score (nSPS) is 12.7. The lowest BCUT2D eigenvalue weighted by Crippen LogP contribution is -2.19. The molecule has 0 aliphatic heterocycles. The summed E-state index contributed by atoms with van der Waals surface area (Å²) in [5, 5.41) is 12.1. The fraction of sp³-hybridized carbons (Fsp3) is 0.333. The van der Waals surface area contributed by atoms with Crippen LogP contribution in [0.25, 0.3) is 0 Å². The molecule has 1 atom stereocenters. The summed E-state index contributed by atoms with van der Waals surface area (Å²) in [4.78, 5) is 0. The summed E-state index contributed by atoms with van der Waals surface area (Å²) in [6.45, 7) is 4.46. The van der Waals surface area contributed by atoms with Crippen molar-refractivity contribution in [2.45, 2.75) is 26.4 Å². The maximum absolute atomic E-state index is 6.15. The van der Waals surface area contributed by atoms with Crippen LogP contribution in [0.3, 0.4) is 0 Å². The van der Waals surface area contributed by atoms with Gasteiger partial charge in [-0.25, -0.2) is 4.63 Å². The SMILES string of the molecule is Cc1nonc1CNC(C)c1ccc(Cl)cc1Cl. The molecule has 96 valence electrons. The van der Waals surface area contributed by atoms with Crippen LogP contribution in [0.1, 0.15) is 29.9 Å². The molecular weight excluding hydrogens is 273 g/mol. The van der Waals surface area contributed by atoms with Crippen molar-refractivity contribution in [3.63, 3.8) is 0 Å². The Balaban J connectivity index is 2.03. The van der Waals surface area contributed by atoms with Crippen molar-refractivity contribution in [3.05, 3.63) is 45.2 Å². The van der Waals surface area contributed by atoms with Crippen LogP contribution in [0, 0.1) is 6.92 Å². The van der Waals surface area contributed by atoms with Crippen LogP contribution in [0.4, 0.5) is 0 Å². The zero-order valence-corrected chi connectivity index (χ0v) is 11.6. The highest BCUT2D eigenvalue weighted by Crippen LogP contribution is 2.26. The highest BCUT2D eigenvalue weighted by atomic mass is 35.5. The van der Waals surface area contributed by atoms with Gasteiger partial charge in [-0.15, -0.1) is 0 Å². The Morgan fingerprint density at radius 3 is 2.72 bits per heavy atom. The lowest BCUT2D eigenvalue weighted by atomic mass is 10.1. The van der Waals surface area contributed by atoms with E-state index in [4.69, 9.17) is 23.2 Å². The van der Waals surface area contributed by atoms with Crippen LogP contribution < -0.4 is 5.32 Å². The second kappa shape index (κ2) is 5.69. The topological polar surface area (TPSA) is 51.0 Å². The molecule has 1 heterocycles. The predicted octanol–water partition coefficient (Wildman–Crippen LogP) is 3.54. The Hall–Kier alpha value is -1.10. The molecule has 0 aliphatic carbocycles. The van der Waals surface area contributed by atoms with Crippen molar-refractivity contribution in [1.29, 1.82) is 0 Å². The Morgan fingerprint density at radius 1 is 1.33 bits per heavy atom. The number of benzene rings is 1. The van der Waals surface area contributed by atoms with Gasteiger partial charge in [-0.1, -0.05) is 39.6 Å². The third kappa shape index (κ3) is 3.02. The van der Waals surface area contributed by atoms with Gasteiger partial charge in [-0.2, -0.15) is 0 Å². The van der Waals surface area contributed by atoms with Gasteiger partial charge in [0.05, 0.1) is 0 Å². The first kappa shape index (κ1) is 13.3. The summed E-state index contributed by atoms with van der Waals surface area (Å²) in [5.74, 6) is 0. The van der Waals surface area contributed by atoms with Crippen LogP contribution >= 0.6 is 23.2 Å². The standard InChI is InChI=1S/C12H13Cl2N3O/c1-7(10-4-3-9(13)5-11(10)14)15-6-12-8(2)16-18-17-12/h3-5,7,15H,6H2,1-2H3. The predicted molar refractivity (Wildman–Crippen MR) is 70.8 cm³/mol. The third-order valence-electron chi connectivity index (χ3n) is 2.75. The van der Waals surface area contributed by atoms with E-state index < -0.39 is 0 Å². The van der Waals surface area contributed by atoms with Gasteiger partial charge in [0.25, 0.3) is 0 Å². The second-order valence-electron chi connectivity index (χ2n) is 4.06. The van der Waals surface area contributed by atoms with E-state index in [1.165, 1.54) is 0 Å². The first-order valence-electron chi connectivity index (χ1n) is 5.54. The van der Waals surface area contributed by atoms with Crippen molar-refractivity contribution in [1.82, 2.24) is 15.6 Å². The molecule has 0 aliphatic rings. The van der Waals surface area contributed by atoms with Crippen LogP contribution in [0.15, 0.2) is 22.8 Å². The summed E-state index contributed by atoms with van der Waals surface area (Å²) in [6.07, 6.45) is 0. The van der Waals surface area contributed by atoms with Gasteiger partial charge in [0.2, 0.25) is 0 Å². The largest absolute Gasteiger partial charge is 0.304 e. The molecule has 0 saturated carbocycles. The lowest BCUT2D eigenvalue weighted by Gasteiger charge is -2.15. The van der Waals surface area contributed by atoms with E-state index in [0.717, 1.165) is 17.0 Å². The number of rotatable bonds is 4. The molecule has 1 aromatic heterocycles. The minimum absolute atomic E-state index is 0.0888. The molecule has 0 saturated heterocycles. The fourth-order valence-electron chi connectivity index (χ4n) is 1.62. The Labute approximate surface area is 115 Å². The highest BCUT2D eigenvalue weighted by Gasteiger charge is 2.11. The van der Waals surface area contributed by atoms with Gasteiger partial charge in [0.15, 0.2) is 0 Å². The molecule has 2 rings (SSSR count). The minimum Gasteiger partial charge on any atom is -0.304 e. The molecule has 18 heavy (non-hydrogen) atoms. The van der Waals surface area contributed by atoms with E-state index in [1.54, 1.807) is 6.07 Å². The number of hydrogen-bond donors (Lipinski definition) is 1. The van der Waals surface area contributed by atoms with Crippen molar-refractivity contribution >= 4 is 23.2 Å². The molecule has 1 unspecified atom stereocenters. The number of hydrogen-bond acceptors (Lipinski definition) is 4. The van der Waals surface area contributed by atoms with E-state index in [1.807, 2.05) is 26.0 Å². The summed E-state index contributed by atoms with van der Waals surface area (Å²) in [5.41, 5.74) is 2.58. The number of aromatic nitrogens is 2. The monoisotopic (exact) mass is 285 g/mol. The zero-order chi connectivity index (χ0) is 13.1. The molecule has 0 fully saturated rings. The maximum atomic E-state index is 6.15. The highest BCUT2D eigenvalue weighted by molar-refractivity contribution is 6.35. The van der Waals surface area contributed by atoms with Crippen LogP contribution in [-0.4, -0.2) is 10.3 Å². The van der Waals surface area contributed by atoms with Crippen LogP contribution in [0.2, 0.25) is 10.0 Å². The van der Waals surface area contributed by atoms with Crippen molar-refractivity contribution in [3.8, 4) is 0 Å². The van der Waals surface area contributed by atoms with Gasteiger partial charge >= 0.3 is 0 Å². The summed E-state index contributed by atoms with van der Waals surface area (Å²) < 4.78 is 4.64. The van der Waals surface area contributed by atoms with Crippen molar-refractivity contribution in [2.24, 2.45) is 0 Å². The first-order valence-corrected chi connectivity index (χ1v) is 6.30. The Bertz CT molecular complexity index is 542. The average Bonchev–Trinajstić information content (AvgIpc) is 2.72. The quantitative estimate of drug-likeness (QED) is 0.934. The van der Waals surface area contributed by atoms with Crippen molar-refractivity contribution in [2.75, 3.05) is 0 Å². The molecule has 6 heteroatoms. The smallest absolute Gasteiger partial charge is 0.121 e. The Kier molecular flexibility index (Phi) is 4.22. The van der Waals surface area contributed by atoms with Crippen molar-refractivity contribution < 1.29 is 4.63 Å². The Morgan fingerprint density at radius 2 is 2.11 bits per heavy atom. The van der Waals surface area contributed by atoms with Gasteiger partial charge in [0, 0.05) is 22.6 Å². The maximum Gasteiger partial charge on any atom is 0.121 e. The van der Waals surface area contributed by atoms with E-state index in [0.29, 0.717) is 16.6 Å². The first-order chi connectivity index (χ1) is 8.58. The zero-order valence-electron chi connectivity index (χ0n) is 10.1. The van der Waals surface area contributed by atoms with Crippen LogP contribution in [-0.2, 0) is 6.54 Å². The van der Waals surface area contributed by atoms with Gasteiger partial charge < -0.3 is 5.32 Å². The molecule has 0 spiro atoms. The number of nitrogens with one attached hydrogen (secondary N) is 1. The molecule has 1 N–H and O–H groups in total. The summed E-state index contributed by atoms with van der Waals surface area (Å²) >= 11 is 12.0. The van der Waals surface area contributed by atoms with Gasteiger partial charge in [-0.05, 0) is 31.5 Å². The second-order valence-corrected chi connectivity index (χ2v) is 4.91. The minimum atomic E-state index is 0.0888. The molecule has 4 nitrogen and oxygen atoms in total. The average molecular weight is 286 g/mol. The van der Waals surface area contributed by atoms with Gasteiger partial charge in [-0.3, -0.25) is 0 Å². The fourth-order valence-corrected chi connectivity index (χ4v) is 2.19. The van der Waals surface area contributed by atoms with E-state index in [9.17, 15) is 0 Å². The van der Waals surface area contributed by atoms with E-state index >= 15 is 0 Å². The lowest BCUT2D eigenvalue weighted by molar-refractivity contribution is 0.300. The molecule has 1 aromatic carbocycles. The molecule has 0 radical (unpaired) electrons. The molecule has 2 aromatic rings. The number of nitrogens with zero attached hydrogens (tertiary/aromatic N) is 2.